The molecule has 8 nitrogen and oxygen atoms in total. The topological polar surface area (TPSA) is 119 Å². The second-order valence-corrected chi connectivity index (χ2v) is 13.1. The lowest BCUT2D eigenvalue weighted by Gasteiger charge is -2.20. The van der Waals surface area contributed by atoms with E-state index in [-0.39, 0.29) is 18.3 Å². The van der Waals surface area contributed by atoms with Crippen LogP contribution in [0.4, 0.5) is 0 Å². The minimum absolute atomic E-state index is 0.0908. The number of fused-ring (bicyclic) bond motifs is 1. The van der Waals surface area contributed by atoms with E-state index in [1.165, 1.54) is 5.56 Å². The van der Waals surface area contributed by atoms with Crippen molar-refractivity contribution in [3.05, 3.63) is 88.5 Å². The fourth-order valence-corrected chi connectivity index (χ4v) is 5.81. The quantitative estimate of drug-likeness (QED) is 0.247. The van der Waals surface area contributed by atoms with Gasteiger partial charge in [-0.25, -0.2) is 13.2 Å². The molecule has 42 heavy (non-hydrogen) atoms. The molecule has 0 bridgehead atoms. The molecule has 224 valence electrons. The van der Waals surface area contributed by atoms with Crippen LogP contribution in [-0.2, 0) is 32.4 Å². The fourth-order valence-electron chi connectivity index (χ4n) is 5.14. The van der Waals surface area contributed by atoms with Crippen LogP contribution in [0, 0.1) is 6.92 Å². The number of benzene rings is 3. The smallest absolute Gasteiger partial charge is 0.326 e. The number of sulfone groups is 1. The number of aliphatic carboxylic acids is 1. The SMILES string of the molecule is CCCCC(OCc1ccc(C(=O)NC(CCS(C)(=O)=O)C(=O)O)c(-c2ccccc2C)c1)c1ccc2c(c1)CCO2. The van der Waals surface area contributed by atoms with E-state index >= 15 is 0 Å². The van der Waals surface area contributed by atoms with E-state index in [4.69, 9.17) is 9.47 Å². The predicted octanol–water partition coefficient (Wildman–Crippen LogP) is 5.66. The number of nitrogens with one attached hydrogen (secondary N) is 1. The van der Waals surface area contributed by atoms with Crippen LogP contribution in [0.15, 0.2) is 60.7 Å². The summed E-state index contributed by atoms with van der Waals surface area (Å²) in [5.41, 5.74) is 5.95. The number of amides is 1. The number of rotatable bonds is 14. The zero-order chi connectivity index (χ0) is 30.3. The maximum absolute atomic E-state index is 13.4. The number of carboxylic acids is 1. The van der Waals surface area contributed by atoms with E-state index in [2.05, 4.69) is 24.4 Å². The Balaban J connectivity index is 1.60. The van der Waals surface area contributed by atoms with Gasteiger partial charge in [0.05, 0.1) is 25.1 Å². The first-order valence-corrected chi connectivity index (χ1v) is 16.4. The van der Waals surface area contributed by atoms with Crippen LogP contribution >= 0.6 is 0 Å². The highest BCUT2D eigenvalue weighted by Crippen LogP contribution is 2.33. The molecule has 0 aliphatic carbocycles. The van der Waals surface area contributed by atoms with Crippen molar-refractivity contribution < 1.29 is 32.6 Å². The van der Waals surface area contributed by atoms with E-state index in [0.29, 0.717) is 24.3 Å². The Hall–Kier alpha value is -3.69. The van der Waals surface area contributed by atoms with E-state index < -0.39 is 27.8 Å². The molecule has 0 saturated carbocycles. The summed E-state index contributed by atoms with van der Waals surface area (Å²) in [6, 6.07) is 18.0. The molecule has 1 amide bonds. The van der Waals surface area contributed by atoms with Gasteiger partial charge in [0.1, 0.15) is 21.6 Å². The van der Waals surface area contributed by atoms with Crippen LogP contribution in [0.5, 0.6) is 5.75 Å². The highest BCUT2D eigenvalue weighted by molar-refractivity contribution is 7.90. The summed E-state index contributed by atoms with van der Waals surface area (Å²) in [6.07, 6.45) is 4.57. The Morgan fingerprint density at radius 1 is 1.05 bits per heavy atom. The summed E-state index contributed by atoms with van der Waals surface area (Å²) >= 11 is 0. The molecule has 0 aromatic heterocycles. The number of carboxylic acid groups (broad SMARTS) is 1. The molecule has 3 aromatic carbocycles. The van der Waals surface area contributed by atoms with E-state index in [1.807, 2.05) is 49.4 Å². The minimum Gasteiger partial charge on any atom is -0.493 e. The molecular formula is C33H39NO7S. The third kappa shape index (κ3) is 8.20. The van der Waals surface area contributed by atoms with Gasteiger partial charge in [0.15, 0.2) is 0 Å². The molecule has 0 spiro atoms. The highest BCUT2D eigenvalue weighted by atomic mass is 32.2. The van der Waals surface area contributed by atoms with Crippen molar-refractivity contribution >= 4 is 21.7 Å². The van der Waals surface area contributed by atoms with Crippen molar-refractivity contribution in [1.82, 2.24) is 5.32 Å². The van der Waals surface area contributed by atoms with Gasteiger partial charge in [-0.1, -0.05) is 56.2 Å². The molecule has 2 atom stereocenters. The number of carbonyl (C=O) groups excluding carboxylic acids is 1. The van der Waals surface area contributed by atoms with Crippen LogP contribution < -0.4 is 10.1 Å². The van der Waals surface area contributed by atoms with Crippen molar-refractivity contribution in [2.45, 2.75) is 64.7 Å². The van der Waals surface area contributed by atoms with Crippen LogP contribution in [0.1, 0.15) is 71.3 Å². The van der Waals surface area contributed by atoms with Gasteiger partial charge in [0, 0.05) is 18.2 Å². The van der Waals surface area contributed by atoms with Crippen LogP contribution in [0.2, 0.25) is 0 Å². The largest absolute Gasteiger partial charge is 0.493 e. The lowest BCUT2D eigenvalue weighted by molar-refractivity contribution is -0.139. The van der Waals surface area contributed by atoms with E-state index in [9.17, 15) is 23.1 Å². The first-order chi connectivity index (χ1) is 20.1. The Morgan fingerprint density at radius 2 is 1.83 bits per heavy atom. The summed E-state index contributed by atoms with van der Waals surface area (Å²) < 4.78 is 35.4. The first-order valence-electron chi connectivity index (χ1n) is 14.3. The average Bonchev–Trinajstić information content (AvgIpc) is 3.43. The molecule has 0 radical (unpaired) electrons. The zero-order valence-electron chi connectivity index (χ0n) is 24.4. The van der Waals surface area contributed by atoms with E-state index in [0.717, 1.165) is 59.9 Å². The standard InChI is InChI=1S/C33H39NO7S/c1-4-5-10-30(24-12-14-31-25(20-24)15-17-40-31)41-21-23-11-13-27(28(19-23)26-9-7-6-8-22(26)2)32(35)34-29(33(36)37)16-18-42(3,38)39/h6-9,11-14,19-20,29-30H,4-5,10,15-18,21H2,1-3H3,(H,34,35)(H,36,37). The van der Waals surface area contributed by atoms with E-state index in [1.54, 1.807) is 6.07 Å². The molecule has 3 aromatic rings. The van der Waals surface area contributed by atoms with Crippen molar-refractivity contribution in [2.75, 3.05) is 18.6 Å². The maximum Gasteiger partial charge on any atom is 0.326 e. The van der Waals surface area contributed by atoms with Gasteiger partial charge in [-0.2, -0.15) is 0 Å². The van der Waals surface area contributed by atoms with Gasteiger partial charge >= 0.3 is 5.97 Å². The second-order valence-electron chi connectivity index (χ2n) is 10.9. The van der Waals surface area contributed by atoms with Gasteiger partial charge in [-0.05, 0) is 77.4 Å². The summed E-state index contributed by atoms with van der Waals surface area (Å²) in [7, 11) is -3.39. The van der Waals surface area contributed by atoms with Gasteiger partial charge in [0.2, 0.25) is 0 Å². The Kier molecular flexibility index (Phi) is 10.4. The van der Waals surface area contributed by atoms with Crippen molar-refractivity contribution in [1.29, 1.82) is 0 Å². The van der Waals surface area contributed by atoms with Gasteiger partial charge in [0.25, 0.3) is 5.91 Å². The monoisotopic (exact) mass is 593 g/mol. The van der Waals surface area contributed by atoms with Crippen molar-refractivity contribution in [3.63, 3.8) is 0 Å². The summed E-state index contributed by atoms with van der Waals surface area (Å²) in [4.78, 5) is 25.2. The molecule has 4 rings (SSSR count). The highest BCUT2D eigenvalue weighted by Gasteiger charge is 2.25. The predicted molar refractivity (Wildman–Crippen MR) is 163 cm³/mol. The average molecular weight is 594 g/mol. The van der Waals surface area contributed by atoms with Crippen LogP contribution in [-0.4, -0.2) is 50.1 Å². The number of hydrogen-bond acceptors (Lipinski definition) is 6. The molecule has 9 heteroatoms. The summed E-state index contributed by atoms with van der Waals surface area (Å²) in [5.74, 6) is -1.28. The first kappa shape index (κ1) is 31.3. The summed E-state index contributed by atoms with van der Waals surface area (Å²) in [6.45, 7) is 5.13. The molecule has 1 heterocycles. The summed E-state index contributed by atoms with van der Waals surface area (Å²) in [5, 5.41) is 12.2. The van der Waals surface area contributed by atoms with Crippen molar-refractivity contribution in [2.24, 2.45) is 0 Å². The lowest BCUT2D eigenvalue weighted by atomic mass is 9.93. The number of aryl methyl sites for hydroxylation is 1. The van der Waals surface area contributed by atoms with Gasteiger partial charge in [-0.15, -0.1) is 0 Å². The molecule has 0 fully saturated rings. The second kappa shape index (κ2) is 14.0. The molecule has 1 aliphatic rings. The minimum atomic E-state index is -3.39. The third-order valence-corrected chi connectivity index (χ3v) is 8.48. The van der Waals surface area contributed by atoms with Crippen LogP contribution in [0.25, 0.3) is 11.1 Å². The fraction of sp³-hybridized carbons (Fsp3) is 0.394. The Morgan fingerprint density at radius 3 is 2.55 bits per heavy atom. The molecule has 0 saturated heterocycles. The number of unbranched alkanes of at least 4 members (excludes halogenated alkanes) is 1. The Bertz CT molecular complexity index is 1530. The number of carbonyl (C=O) groups is 2. The van der Waals surface area contributed by atoms with Crippen molar-refractivity contribution in [3.8, 4) is 16.9 Å². The molecule has 2 unspecified atom stereocenters. The molecule has 2 N–H and O–H groups in total. The zero-order valence-corrected chi connectivity index (χ0v) is 25.2. The molecular weight excluding hydrogens is 554 g/mol. The van der Waals surface area contributed by atoms with Gasteiger partial charge in [-0.3, -0.25) is 4.79 Å². The maximum atomic E-state index is 13.4. The lowest BCUT2D eigenvalue weighted by Crippen LogP contribution is -2.42. The normalized spacial score (nSPS) is 14.1. The molecule has 1 aliphatic heterocycles. The number of hydrogen-bond donors (Lipinski definition) is 2. The van der Waals surface area contributed by atoms with Crippen LogP contribution in [0.3, 0.4) is 0 Å². The number of ether oxygens (including phenoxy) is 2. The Labute approximate surface area is 248 Å². The third-order valence-electron chi connectivity index (χ3n) is 7.50. The van der Waals surface area contributed by atoms with Gasteiger partial charge < -0.3 is 19.9 Å².